The molecule has 0 aliphatic carbocycles. The average Bonchev–Trinajstić information content (AvgIpc) is 2.26. The van der Waals surface area contributed by atoms with Gasteiger partial charge in [0.05, 0.1) is 0 Å². The molecule has 0 unspecified atom stereocenters. The summed E-state index contributed by atoms with van der Waals surface area (Å²) >= 11 is 6.50. The van der Waals surface area contributed by atoms with E-state index in [0.29, 0.717) is 26.0 Å². The lowest BCUT2D eigenvalue weighted by molar-refractivity contribution is 0.101. The average molecular weight is 388 g/mol. The zero-order valence-corrected chi connectivity index (χ0v) is 13.1. The van der Waals surface area contributed by atoms with Crippen molar-refractivity contribution in [2.75, 3.05) is 0 Å². The van der Waals surface area contributed by atoms with Crippen molar-refractivity contribution >= 4 is 37.6 Å². The first-order chi connectivity index (χ1) is 8.95. The molecule has 0 bridgehead atoms. The molecule has 0 fully saturated rings. The largest absolute Gasteiger partial charge is 0.457 e. The lowest BCUT2D eigenvalue weighted by atomic mass is 10.1. The molecule has 0 radical (unpaired) electrons. The normalized spacial score (nSPS) is 10.3. The Morgan fingerprint density at radius 2 is 1.84 bits per heavy atom. The predicted octanol–water partition coefficient (Wildman–Crippen LogP) is 5.35. The fourth-order valence-electron chi connectivity index (χ4n) is 1.57. The molecule has 19 heavy (non-hydrogen) atoms. The highest BCUT2D eigenvalue weighted by molar-refractivity contribution is 9.10. The van der Waals surface area contributed by atoms with E-state index >= 15 is 0 Å². The van der Waals surface area contributed by atoms with E-state index in [0.717, 1.165) is 0 Å². The number of hydrogen-bond donors (Lipinski definition) is 0. The lowest BCUT2D eigenvalue weighted by Crippen LogP contribution is -1.94. The third-order valence-electron chi connectivity index (χ3n) is 2.39. The number of halogens is 3. The standard InChI is InChI=1S/C14H9Br2FO2/c1-8(18)13-3-2-11(7-14(13)16)19-12-5-9(15)4-10(17)6-12/h2-7H,1H3. The van der Waals surface area contributed by atoms with Crippen molar-refractivity contribution in [3.63, 3.8) is 0 Å². The van der Waals surface area contributed by atoms with Crippen LogP contribution in [-0.2, 0) is 0 Å². The summed E-state index contributed by atoms with van der Waals surface area (Å²) in [4.78, 5) is 11.3. The topological polar surface area (TPSA) is 26.3 Å². The van der Waals surface area contributed by atoms with Crippen molar-refractivity contribution in [1.82, 2.24) is 0 Å². The van der Waals surface area contributed by atoms with Crippen LogP contribution in [0.3, 0.4) is 0 Å². The molecule has 98 valence electrons. The molecule has 0 amide bonds. The summed E-state index contributed by atoms with van der Waals surface area (Å²) in [7, 11) is 0. The summed E-state index contributed by atoms with van der Waals surface area (Å²) in [6.45, 7) is 1.49. The number of Topliss-reactive ketones (excluding diaryl/α,β-unsaturated/α-hetero) is 1. The predicted molar refractivity (Wildman–Crippen MR) is 78.3 cm³/mol. The minimum atomic E-state index is -0.385. The first-order valence-corrected chi connectivity index (χ1v) is 6.99. The van der Waals surface area contributed by atoms with Gasteiger partial charge in [-0.05, 0) is 53.2 Å². The molecule has 0 saturated heterocycles. The van der Waals surface area contributed by atoms with Gasteiger partial charge in [-0.25, -0.2) is 4.39 Å². The molecule has 0 heterocycles. The smallest absolute Gasteiger partial charge is 0.160 e. The van der Waals surface area contributed by atoms with Gasteiger partial charge in [0.15, 0.2) is 5.78 Å². The second-order valence-electron chi connectivity index (χ2n) is 3.91. The van der Waals surface area contributed by atoms with Gasteiger partial charge in [0.25, 0.3) is 0 Å². The van der Waals surface area contributed by atoms with Crippen molar-refractivity contribution in [2.24, 2.45) is 0 Å². The highest BCUT2D eigenvalue weighted by Crippen LogP contribution is 2.29. The third-order valence-corrected chi connectivity index (χ3v) is 3.51. The first-order valence-electron chi connectivity index (χ1n) is 5.40. The molecule has 0 saturated carbocycles. The van der Waals surface area contributed by atoms with E-state index in [1.807, 2.05) is 0 Å². The second kappa shape index (κ2) is 5.84. The molecule has 0 atom stereocenters. The summed E-state index contributed by atoms with van der Waals surface area (Å²) in [6.07, 6.45) is 0. The minimum Gasteiger partial charge on any atom is -0.457 e. The molecular weight excluding hydrogens is 379 g/mol. The van der Waals surface area contributed by atoms with E-state index in [4.69, 9.17) is 4.74 Å². The number of benzene rings is 2. The Morgan fingerprint density at radius 3 is 2.42 bits per heavy atom. The molecule has 2 rings (SSSR count). The summed E-state index contributed by atoms with van der Waals surface area (Å²) in [5.41, 5.74) is 0.577. The number of ketones is 1. The van der Waals surface area contributed by atoms with Crippen LogP contribution in [0.1, 0.15) is 17.3 Å². The van der Waals surface area contributed by atoms with Crippen LogP contribution in [0.15, 0.2) is 45.3 Å². The van der Waals surface area contributed by atoms with E-state index in [-0.39, 0.29) is 11.6 Å². The summed E-state index contributed by atoms with van der Waals surface area (Å²) < 4.78 is 20.0. The van der Waals surface area contributed by atoms with Crippen molar-refractivity contribution in [1.29, 1.82) is 0 Å². The fourth-order valence-corrected chi connectivity index (χ4v) is 2.65. The maximum atomic E-state index is 13.2. The molecule has 0 aliphatic rings. The Morgan fingerprint density at radius 1 is 1.11 bits per heavy atom. The van der Waals surface area contributed by atoms with E-state index in [1.165, 1.54) is 19.1 Å². The highest BCUT2D eigenvalue weighted by atomic mass is 79.9. The quantitative estimate of drug-likeness (QED) is 0.664. The monoisotopic (exact) mass is 386 g/mol. The molecule has 0 N–H and O–H groups in total. The van der Waals surface area contributed by atoms with Gasteiger partial charge < -0.3 is 4.74 Å². The maximum absolute atomic E-state index is 13.2. The number of rotatable bonds is 3. The molecule has 2 nitrogen and oxygen atoms in total. The van der Waals surface area contributed by atoms with Gasteiger partial charge in [-0.15, -0.1) is 0 Å². The highest BCUT2D eigenvalue weighted by Gasteiger charge is 2.08. The summed E-state index contributed by atoms with van der Waals surface area (Å²) in [6, 6.07) is 9.31. The third kappa shape index (κ3) is 3.64. The van der Waals surface area contributed by atoms with Gasteiger partial charge in [0, 0.05) is 20.6 Å². The van der Waals surface area contributed by atoms with E-state index < -0.39 is 0 Å². The van der Waals surface area contributed by atoms with Gasteiger partial charge in [0.1, 0.15) is 17.3 Å². The Labute approximate surface area is 126 Å². The number of carbonyl (C=O) groups is 1. The van der Waals surface area contributed by atoms with Crippen LogP contribution in [0, 0.1) is 5.82 Å². The second-order valence-corrected chi connectivity index (χ2v) is 5.68. The lowest BCUT2D eigenvalue weighted by Gasteiger charge is -2.08. The van der Waals surface area contributed by atoms with E-state index in [2.05, 4.69) is 31.9 Å². The van der Waals surface area contributed by atoms with Crippen LogP contribution in [0.4, 0.5) is 4.39 Å². The molecule has 0 aromatic heterocycles. The van der Waals surface area contributed by atoms with Crippen LogP contribution >= 0.6 is 31.9 Å². The zero-order valence-electron chi connectivity index (χ0n) is 9.91. The van der Waals surface area contributed by atoms with E-state index in [9.17, 15) is 9.18 Å². The van der Waals surface area contributed by atoms with Gasteiger partial charge in [-0.2, -0.15) is 0 Å². The number of carbonyl (C=O) groups excluding carboxylic acids is 1. The molecule has 5 heteroatoms. The van der Waals surface area contributed by atoms with Gasteiger partial charge in [0.2, 0.25) is 0 Å². The number of hydrogen-bond acceptors (Lipinski definition) is 2. The Hall–Kier alpha value is -1.20. The van der Waals surface area contributed by atoms with Gasteiger partial charge in [-0.3, -0.25) is 4.79 Å². The Balaban J connectivity index is 2.28. The van der Waals surface area contributed by atoms with Crippen molar-refractivity contribution in [2.45, 2.75) is 6.92 Å². The van der Waals surface area contributed by atoms with Crippen molar-refractivity contribution < 1.29 is 13.9 Å². The van der Waals surface area contributed by atoms with Gasteiger partial charge >= 0.3 is 0 Å². The molecule has 0 spiro atoms. The first kappa shape index (κ1) is 14.2. The van der Waals surface area contributed by atoms with E-state index in [1.54, 1.807) is 24.3 Å². The summed E-state index contributed by atoms with van der Waals surface area (Å²) in [5.74, 6) is 0.486. The fraction of sp³-hybridized carbons (Fsp3) is 0.0714. The van der Waals surface area contributed by atoms with Crippen LogP contribution in [0.25, 0.3) is 0 Å². The maximum Gasteiger partial charge on any atom is 0.160 e. The molecule has 2 aromatic carbocycles. The number of ether oxygens (including phenoxy) is 1. The van der Waals surface area contributed by atoms with Crippen molar-refractivity contribution in [3.8, 4) is 11.5 Å². The SMILES string of the molecule is CC(=O)c1ccc(Oc2cc(F)cc(Br)c2)cc1Br. The zero-order chi connectivity index (χ0) is 14.0. The molecular formula is C14H9Br2FO2. The minimum absolute atomic E-state index is 0.0353. The van der Waals surface area contributed by atoms with Gasteiger partial charge in [-0.1, -0.05) is 15.9 Å². The van der Waals surface area contributed by atoms with Crippen LogP contribution in [0.2, 0.25) is 0 Å². The van der Waals surface area contributed by atoms with Crippen molar-refractivity contribution in [3.05, 3.63) is 56.7 Å². The van der Waals surface area contributed by atoms with Crippen LogP contribution in [-0.4, -0.2) is 5.78 Å². The molecule has 2 aromatic rings. The molecule has 0 aliphatic heterocycles. The Kier molecular flexibility index (Phi) is 4.37. The van der Waals surface area contributed by atoms with Crippen LogP contribution < -0.4 is 4.74 Å². The summed E-state index contributed by atoms with van der Waals surface area (Å²) in [5, 5.41) is 0. The Bertz CT molecular complexity index is 621. The van der Waals surface area contributed by atoms with Crippen LogP contribution in [0.5, 0.6) is 11.5 Å².